The van der Waals surface area contributed by atoms with E-state index >= 15 is 0 Å². The first kappa shape index (κ1) is 19.0. The van der Waals surface area contributed by atoms with Gasteiger partial charge in [-0.25, -0.2) is 0 Å². The first-order valence-electron chi connectivity index (χ1n) is 8.54. The summed E-state index contributed by atoms with van der Waals surface area (Å²) in [6, 6.07) is 11.7. The van der Waals surface area contributed by atoms with Gasteiger partial charge in [0.1, 0.15) is 6.54 Å². The van der Waals surface area contributed by atoms with E-state index in [4.69, 9.17) is 4.74 Å². The van der Waals surface area contributed by atoms with Crippen molar-refractivity contribution in [3.63, 3.8) is 0 Å². The molecule has 6 nitrogen and oxygen atoms in total. The Hall–Kier alpha value is -2.80. The van der Waals surface area contributed by atoms with Crippen LogP contribution >= 0.6 is 11.8 Å². The van der Waals surface area contributed by atoms with Gasteiger partial charge in [0.25, 0.3) is 11.1 Å². The number of hydrogen-bond acceptors (Lipinski definition) is 5. The molecule has 0 saturated carbocycles. The summed E-state index contributed by atoms with van der Waals surface area (Å²) in [5.74, 6) is -1.08. The minimum absolute atomic E-state index is 0.282. The van der Waals surface area contributed by atoms with Crippen molar-refractivity contribution in [3.05, 3.63) is 58.8 Å². The Morgan fingerprint density at radius 3 is 2.56 bits per heavy atom. The fourth-order valence-electron chi connectivity index (χ4n) is 2.65. The number of esters is 1. The molecule has 27 heavy (non-hydrogen) atoms. The SMILES string of the molecule is Cc1ccc(-n2cccc2C=C2SC(=O)N(CC(=O)OC(C)C)C2=O)cc1. The number of carbonyl (C=O) groups is 3. The first-order chi connectivity index (χ1) is 12.8. The molecule has 0 radical (unpaired) electrons. The predicted molar refractivity (Wildman–Crippen MR) is 104 cm³/mol. The van der Waals surface area contributed by atoms with Crippen LogP contribution in [0.1, 0.15) is 25.1 Å². The quantitative estimate of drug-likeness (QED) is 0.580. The summed E-state index contributed by atoms with van der Waals surface area (Å²) in [5, 5.41) is -0.472. The lowest BCUT2D eigenvalue weighted by Gasteiger charge is -2.13. The summed E-state index contributed by atoms with van der Waals surface area (Å²) in [6.45, 7) is 5.06. The Kier molecular flexibility index (Phi) is 5.51. The average Bonchev–Trinajstić information content (AvgIpc) is 3.15. The maximum absolute atomic E-state index is 12.6. The number of carbonyl (C=O) groups excluding carboxylic acids is 3. The van der Waals surface area contributed by atoms with Gasteiger partial charge in [-0.1, -0.05) is 17.7 Å². The van der Waals surface area contributed by atoms with Gasteiger partial charge < -0.3 is 9.30 Å². The van der Waals surface area contributed by atoms with Crippen LogP contribution < -0.4 is 0 Å². The molecular weight excluding hydrogens is 364 g/mol. The third-order valence-corrected chi connectivity index (χ3v) is 4.81. The van der Waals surface area contributed by atoms with Crippen molar-refractivity contribution in [2.45, 2.75) is 26.9 Å². The van der Waals surface area contributed by atoms with Crippen LogP contribution in [0.25, 0.3) is 11.8 Å². The standard InChI is InChI=1S/C20H20N2O4S/c1-13(2)26-18(23)12-22-19(24)17(27-20(22)25)11-16-5-4-10-21(16)15-8-6-14(3)7-9-15/h4-11,13H,12H2,1-3H3. The van der Waals surface area contributed by atoms with Crippen molar-refractivity contribution in [3.8, 4) is 5.69 Å². The molecule has 3 rings (SSSR count). The molecular formula is C20H20N2O4S. The number of hydrogen-bond donors (Lipinski definition) is 0. The average molecular weight is 384 g/mol. The molecule has 1 aliphatic rings. The van der Waals surface area contributed by atoms with Gasteiger partial charge in [-0.3, -0.25) is 19.3 Å². The summed E-state index contributed by atoms with van der Waals surface area (Å²) in [4.78, 5) is 37.7. The number of thioether (sulfide) groups is 1. The summed E-state index contributed by atoms with van der Waals surface area (Å²) in [5.41, 5.74) is 2.88. The van der Waals surface area contributed by atoms with Crippen molar-refractivity contribution in [1.29, 1.82) is 0 Å². The lowest BCUT2D eigenvalue weighted by molar-refractivity contribution is -0.149. The number of aryl methyl sites for hydroxylation is 1. The van der Waals surface area contributed by atoms with Gasteiger partial charge in [-0.05, 0) is 62.9 Å². The highest BCUT2D eigenvalue weighted by Gasteiger charge is 2.37. The van der Waals surface area contributed by atoms with Crippen LogP contribution in [0.3, 0.4) is 0 Å². The van der Waals surface area contributed by atoms with Gasteiger partial charge in [0.2, 0.25) is 0 Å². The lowest BCUT2D eigenvalue weighted by atomic mass is 10.2. The Morgan fingerprint density at radius 1 is 1.19 bits per heavy atom. The zero-order valence-corrected chi connectivity index (χ0v) is 16.2. The molecule has 0 N–H and O–H groups in total. The van der Waals surface area contributed by atoms with Gasteiger partial charge in [-0.15, -0.1) is 0 Å². The highest BCUT2D eigenvalue weighted by molar-refractivity contribution is 8.18. The molecule has 1 saturated heterocycles. The van der Waals surface area contributed by atoms with Crippen LogP contribution in [0, 0.1) is 6.92 Å². The number of imide groups is 1. The van der Waals surface area contributed by atoms with Crippen molar-refractivity contribution in [1.82, 2.24) is 9.47 Å². The first-order valence-corrected chi connectivity index (χ1v) is 9.36. The summed E-state index contributed by atoms with van der Waals surface area (Å²) in [7, 11) is 0. The highest BCUT2D eigenvalue weighted by atomic mass is 32.2. The lowest BCUT2D eigenvalue weighted by Crippen LogP contribution is -2.35. The number of amides is 2. The minimum Gasteiger partial charge on any atom is -0.462 e. The van der Waals surface area contributed by atoms with E-state index in [2.05, 4.69) is 0 Å². The van der Waals surface area contributed by atoms with Crippen molar-refractivity contribution < 1.29 is 19.1 Å². The molecule has 1 aromatic heterocycles. The maximum Gasteiger partial charge on any atom is 0.326 e. The minimum atomic E-state index is -0.600. The summed E-state index contributed by atoms with van der Waals surface area (Å²) >= 11 is 0.825. The number of aromatic nitrogens is 1. The van der Waals surface area contributed by atoms with Gasteiger partial charge in [0, 0.05) is 17.6 Å². The summed E-state index contributed by atoms with van der Waals surface area (Å²) in [6.07, 6.45) is 3.25. The molecule has 140 valence electrons. The van der Waals surface area contributed by atoms with Gasteiger partial charge in [0.15, 0.2) is 0 Å². The van der Waals surface area contributed by atoms with E-state index in [1.54, 1.807) is 19.9 Å². The molecule has 0 unspecified atom stereocenters. The van der Waals surface area contributed by atoms with Crippen LogP contribution in [0.15, 0.2) is 47.5 Å². The van der Waals surface area contributed by atoms with Crippen LogP contribution in [-0.4, -0.2) is 39.2 Å². The van der Waals surface area contributed by atoms with E-state index in [9.17, 15) is 14.4 Å². The van der Waals surface area contributed by atoms with Crippen molar-refractivity contribution in [2.24, 2.45) is 0 Å². The summed E-state index contributed by atoms with van der Waals surface area (Å²) < 4.78 is 6.95. The van der Waals surface area contributed by atoms with E-state index in [0.29, 0.717) is 0 Å². The molecule has 2 heterocycles. The van der Waals surface area contributed by atoms with Crippen molar-refractivity contribution >= 4 is 35.0 Å². The monoisotopic (exact) mass is 384 g/mol. The van der Waals surface area contributed by atoms with Crippen LogP contribution in [0.4, 0.5) is 4.79 Å². The normalized spacial score (nSPS) is 15.9. The Bertz CT molecular complexity index is 912. The van der Waals surface area contributed by atoms with E-state index in [1.165, 1.54) is 0 Å². The number of ether oxygens (including phenoxy) is 1. The number of rotatable bonds is 5. The molecule has 1 fully saturated rings. The molecule has 2 aromatic rings. The topological polar surface area (TPSA) is 68.6 Å². The predicted octanol–water partition coefficient (Wildman–Crippen LogP) is 3.77. The largest absolute Gasteiger partial charge is 0.462 e. The smallest absolute Gasteiger partial charge is 0.326 e. The molecule has 0 aliphatic carbocycles. The fraction of sp³-hybridized carbons (Fsp3) is 0.250. The fourth-order valence-corrected chi connectivity index (χ4v) is 3.48. The van der Waals surface area contributed by atoms with Crippen LogP contribution in [0.2, 0.25) is 0 Å². The highest BCUT2D eigenvalue weighted by Crippen LogP contribution is 2.32. The molecule has 0 spiro atoms. The molecule has 7 heteroatoms. The number of benzene rings is 1. The Morgan fingerprint density at radius 2 is 1.89 bits per heavy atom. The van der Waals surface area contributed by atoms with Crippen LogP contribution in [-0.2, 0) is 14.3 Å². The van der Waals surface area contributed by atoms with E-state index in [0.717, 1.165) is 33.6 Å². The zero-order valence-electron chi connectivity index (χ0n) is 15.3. The second-order valence-electron chi connectivity index (χ2n) is 6.45. The molecule has 0 bridgehead atoms. The third-order valence-electron chi connectivity index (χ3n) is 3.90. The van der Waals surface area contributed by atoms with Gasteiger partial charge >= 0.3 is 5.97 Å². The molecule has 1 aliphatic heterocycles. The van der Waals surface area contributed by atoms with E-state index in [1.807, 2.05) is 54.1 Å². The molecule has 1 aromatic carbocycles. The Balaban J connectivity index is 1.82. The second kappa shape index (κ2) is 7.84. The van der Waals surface area contributed by atoms with Gasteiger partial charge in [0.05, 0.1) is 11.0 Å². The number of nitrogens with zero attached hydrogens (tertiary/aromatic N) is 2. The maximum atomic E-state index is 12.6. The third kappa shape index (κ3) is 4.31. The van der Waals surface area contributed by atoms with Crippen LogP contribution in [0.5, 0.6) is 0 Å². The van der Waals surface area contributed by atoms with E-state index < -0.39 is 17.1 Å². The van der Waals surface area contributed by atoms with Gasteiger partial charge in [-0.2, -0.15) is 0 Å². The Labute approximate surface area is 161 Å². The molecule has 2 amide bonds. The second-order valence-corrected chi connectivity index (χ2v) is 7.44. The van der Waals surface area contributed by atoms with E-state index in [-0.39, 0.29) is 17.6 Å². The zero-order chi connectivity index (χ0) is 19.6. The van der Waals surface area contributed by atoms with Crippen molar-refractivity contribution in [2.75, 3.05) is 6.54 Å². The molecule has 0 atom stereocenters.